The Balaban J connectivity index is 2.14. The van der Waals surface area contributed by atoms with E-state index in [2.05, 4.69) is 15.3 Å². The van der Waals surface area contributed by atoms with E-state index < -0.39 is 0 Å². The highest BCUT2D eigenvalue weighted by atomic mass is 16.1. The van der Waals surface area contributed by atoms with Crippen molar-refractivity contribution >= 4 is 5.91 Å². The molecule has 1 heterocycles. The Morgan fingerprint density at radius 2 is 2.14 bits per heavy atom. The molecule has 0 atom stereocenters. The second-order valence-corrected chi connectivity index (χ2v) is 3.56. The quantitative estimate of drug-likeness (QED) is 0.775. The van der Waals surface area contributed by atoms with Crippen molar-refractivity contribution in [3.63, 3.8) is 0 Å². The monoisotopic (exact) mass is 191 g/mol. The average molecular weight is 191 g/mol. The first-order valence-electron chi connectivity index (χ1n) is 4.85. The zero-order valence-corrected chi connectivity index (χ0v) is 8.16. The van der Waals surface area contributed by atoms with E-state index in [-0.39, 0.29) is 11.4 Å². The van der Waals surface area contributed by atoms with Gasteiger partial charge in [-0.15, -0.1) is 0 Å². The van der Waals surface area contributed by atoms with E-state index in [4.69, 9.17) is 0 Å². The minimum absolute atomic E-state index is 0.0648. The van der Waals surface area contributed by atoms with Gasteiger partial charge in [-0.05, 0) is 18.9 Å². The molecule has 1 aromatic heterocycles. The Labute approximate surface area is 82.8 Å². The standard InChI is InChI=1S/C10H13N3O/c1-2-8(14)13-10(4-5-10)9-11-6-3-7-12-9/h3,6-7H,2,4-5H2,1H3,(H,13,14). The van der Waals surface area contributed by atoms with Gasteiger partial charge in [0.2, 0.25) is 5.91 Å². The van der Waals surface area contributed by atoms with Gasteiger partial charge >= 0.3 is 0 Å². The third kappa shape index (κ3) is 1.60. The smallest absolute Gasteiger partial charge is 0.220 e. The van der Waals surface area contributed by atoms with E-state index >= 15 is 0 Å². The third-order valence-corrected chi connectivity index (χ3v) is 2.44. The van der Waals surface area contributed by atoms with Gasteiger partial charge in [0.25, 0.3) is 0 Å². The average Bonchev–Trinajstić information content (AvgIpc) is 3.00. The van der Waals surface area contributed by atoms with Crippen LogP contribution in [-0.4, -0.2) is 15.9 Å². The van der Waals surface area contributed by atoms with Crippen molar-refractivity contribution in [3.05, 3.63) is 24.3 Å². The summed E-state index contributed by atoms with van der Waals surface area (Å²) in [6, 6.07) is 1.78. The molecule has 0 aliphatic heterocycles. The molecule has 1 amide bonds. The van der Waals surface area contributed by atoms with Crippen LogP contribution in [0.4, 0.5) is 0 Å². The maximum Gasteiger partial charge on any atom is 0.220 e. The van der Waals surface area contributed by atoms with Gasteiger partial charge in [0.05, 0.1) is 5.54 Å². The first-order chi connectivity index (χ1) is 6.77. The molecule has 0 saturated heterocycles. The fraction of sp³-hybridized carbons (Fsp3) is 0.500. The van der Waals surface area contributed by atoms with Gasteiger partial charge < -0.3 is 5.32 Å². The Kier molecular flexibility index (Phi) is 2.19. The number of hydrogen-bond acceptors (Lipinski definition) is 3. The van der Waals surface area contributed by atoms with Crippen molar-refractivity contribution in [1.82, 2.24) is 15.3 Å². The lowest BCUT2D eigenvalue weighted by atomic mass is 10.2. The summed E-state index contributed by atoms with van der Waals surface area (Å²) in [6.07, 6.45) is 5.82. The highest BCUT2D eigenvalue weighted by Crippen LogP contribution is 2.43. The number of nitrogens with zero attached hydrogens (tertiary/aromatic N) is 2. The number of carbonyl (C=O) groups is 1. The van der Waals surface area contributed by atoms with Crippen LogP contribution in [0.25, 0.3) is 0 Å². The van der Waals surface area contributed by atoms with Crippen LogP contribution >= 0.6 is 0 Å². The van der Waals surface area contributed by atoms with Gasteiger partial charge in [-0.3, -0.25) is 4.79 Å². The van der Waals surface area contributed by atoms with Gasteiger partial charge in [0.15, 0.2) is 5.82 Å². The lowest BCUT2D eigenvalue weighted by Crippen LogP contribution is -2.35. The van der Waals surface area contributed by atoms with Gasteiger partial charge in [-0.25, -0.2) is 9.97 Å². The maximum atomic E-state index is 11.3. The van der Waals surface area contributed by atoms with Crippen LogP contribution in [0, 0.1) is 0 Å². The third-order valence-electron chi connectivity index (χ3n) is 2.44. The van der Waals surface area contributed by atoms with Gasteiger partial charge in [-0.2, -0.15) is 0 Å². The number of nitrogens with one attached hydrogen (secondary N) is 1. The molecule has 74 valence electrons. The summed E-state index contributed by atoms with van der Waals surface area (Å²) in [5.41, 5.74) is -0.256. The highest BCUT2D eigenvalue weighted by Gasteiger charge is 2.48. The van der Waals surface area contributed by atoms with Crippen LogP contribution in [0.3, 0.4) is 0 Å². The van der Waals surface area contributed by atoms with E-state index in [1.165, 1.54) is 0 Å². The van der Waals surface area contributed by atoms with Crippen LogP contribution in [-0.2, 0) is 10.3 Å². The largest absolute Gasteiger partial charge is 0.343 e. The summed E-state index contributed by atoms with van der Waals surface area (Å²) < 4.78 is 0. The molecular weight excluding hydrogens is 178 g/mol. The summed E-state index contributed by atoms with van der Waals surface area (Å²) in [4.78, 5) is 19.6. The molecule has 0 aromatic carbocycles. The predicted molar refractivity (Wildman–Crippen MR) is 51.4 cm³/mol. The first-order valence-corrected chi connectivity index (χ1v) is 4.85. The Hall–Kier alpha value is -1.45. The molecule has 14 heavy (non-hydrogen) atoms. The summed E-state index contributed by atoms with van der Waals surface area (Å²) in [5, 5.41) is 2.97. The summed E-state index contributed by atoms with van der Waals surface area (Å²) >= 11 is 0. The van der Waals surface area contributed by atoms with Gasteiger partial charge in [0.1, 0.15) is 0 Å². The van der Waals surface area contributed by atoms with Crippen molar-refractivity contribution in [2.75, 3.05) is 0 Å². The molecule has 4 nitrogen and oxygen atoms in total. The molecule has 1 aliphatic rings. The van der Waals surface area contributed by atoms with Gasteiger partial charge in [-0.1, -0.05) is 6.92 Å². The van der Waals surface area contributed by atoms with Crippen molar-refractivity contribution in [2.24, 2.45) is 0 Å². The van der Waals surface area contributed by atoms with Crippen molar-refractivity contribution in [1.29, 1.82) is 0 Å². The second kappa shape index (κ2) is 3.36. The summed E-state index contributed by atoms with van der Waals surface area (Å²) in [7, 11) is 0. The van der Waals surface area contributed by atoms with Crippen LogP contribution < -0.4 is 5.32 Å². The Bertz CT molecular complexity index is 332. The fourth-order valence-corrected chi connectivity index (χ4v) is 1.43. The molecule has 1 N–H and O–H groups in total. The SMILES string of the molecule is CCC(=O)NC1(c2ncccn2)CC1. The number of amides is 1. The predicted octanol–water partition coefficient (Wildman–Crippen LogP) is 0.992. The van der Waals surface area contributed by atoms with E-state index in [1.807, 2.05) is 6.92 Å². The molecule has 1 aromatic rings. The van der Waals surface area contributed by atoms with Crippen LogP contribution in [0.5, 0.6) is 0 Å². The molecule has 0 radical (unpaired) electrons. The fourth-order valence-electron chi connectivity index (χ4n) is 1.43. The number of aromatic nitrogens is 2. The van der Waals surface area contributed by atoms with Crippen LogP contribution in [0.15, 0.2) is 18.5 Å². The molecule has 1 fully saturated rings. The number of carbonyl (C=O) groups excluding carboxylic acids is 1. The van der Waals surface area contributed by atoms with Crippen molar-refractivity contribution in [2.45, 2.75) is 31.7 Å². The van der Waals surface area contributed by atoms with E-state index in [9.17, 15) is 4.79 Å². The molecule has 0 spiro atoms. The molecule has 2 rings (SSSR count). The second-order valence-electron chi connectivity index (χ2n) is 3.56. The minimum atomic E-state index is -0.256. The van der Waals surface area contributed by atoms with Crippen LogP contribution in [0.1, 0.15) is 32.0 Å². The zero-order valence-electron chi connectivity index (χ0n) is 8.16. The topological polar surface area (TPSA) is 54.9 Å². The molecule has 1 aliphatic carbocycles. The van der Waals surface area contributed by atoms with E-state index in [0.717, 1.165) is 18.7 Å². The Morgan fingerprint density at radius 3 is 2.64 bits per heavy atom. The number of rotatable bonds is 3. The molecule has 0 bridgehead atoms. The normalized spacial score (nSPS) is 17.5. The molecule has 4 heteroatoms. The lowest BCUT2D eigenvalue weighted by molar-refractivity contribution is -0.121. The highest BCUT2D eigenvalue weighted by molar-refractivity contribution is 5.77. The first kappa shape index (κ1) is 9.12. The van der Waals surface area contributed by atoms with Gasteiger partial charge in [0, 0.05) is 18.8 Å². The number of hydrogen-bond donors (Lipinski definition) is 1. The zero-order chi connectivity index (χ0) is 10.0. The molecule has 0 unspecified atom stereocenters. The van der Waals surface area contributed by atoms with E-state index in [1.54, 1.807) is 18.5 Å². The molecule has 1 saturated carbocycles. The lowest BCUT2D eigenvalue weighted by Gasteiger charge is -2.14. The Morgan fingerprint density at radius 1 is 1.50 bits per heavy atom. The maximum absolute atomic E-state index is 11.3. The summed E-state index contributed by atoms with van der Waals surface area (Å²) in [6.45, 7) is 1.84. The minimum Gasteiger partial charge on any atom is -0.343 e. The van der Waals surface area contributed by atoms with E-state index in [0.29, 0.717) is 6.42 Å². The molecular formula is C10H13N3O. The summed E-state index contributed by atoms with van der Waals surface area (Å²) in [5.74, 6) is 0.803. The van der Waals surface area contributed by atoms with Crippen LogP contribution in [0.2, 0.25) is 0 Å². The van der Waals surface area contributed by atoms with Crippen molar-refractivity contribution < 1.29 is 4.79 Å². The van der Waals surface area contributed by atoms with Crippen molar-refractivity contribution in [3.8, 4) is 0 Å².